The number of carbonyl (C=O) groups is 1. The number of nitrogens with zero attached hydrogens (tertiary/aromatic N) is 3. The van der Waals surface area contributed by atoms with Gasteiger partial charge in [0.05, 0.1) is 12.1 Å². The van der Waals surface area contributed by atoms with E-state index in [-0.39, 0.29) is 5.91 Å². The maximum Gasteiger partial charge on any atom is 0.254 e. The number of hydrogen-bond acceptors (Lipinski definition) is 5. The molecule has 0 radical (unpaired) electrons. The van der Waals surface area contributed by atoms with Crippen LogP contribution in [-0.4, -0.2) is 28.1 Å². The first-order valence-electron chi connectivity index (χ1n) is 7.81. The highest BCUT2D eigenvalue weighted by Crippen LogP contribution is 2.27. The standard InChI is InChI=1S/C18H15BrN4O2/c1-23-10-11-6-7-12(8-14(11)18(23)24)20-9-16-21-22-17(25-16)13-4-2-3-5-15(13)19/h2-8,20H,9-10H2,1H3. The van der Waals surface area contributed by atoms with Crippen molar-refractivity contribution in [3.63, 3.8) is 0 Å². The van der Waals surface area contributed by atoms with E-state index < -0.39 is 0 Å². The van der Waals surface area contributed by atoms with E-state index in [0.717, 1.165) is 26.9 Å². The molecule has 2 heterocycles. The van der Waals surface area contributed by atoms with Crippen LogP contribution in [0, 0.1) is 0 Å². The van der Waals surface area contributed by atoms with Gasteiger partial charge in [0.25, 0.3) is 5.91 Å². The summed E-state index contributed by atoms with van der Waals surface area (Å²) in [4.78, 5) is 13.8. The van der Waals surface area contributed by atoms with Gasteiger partial charge in [0.15, 0.2) is 0 Å². The van der Waals surface area contributed by atoms with Crippen LogP contribution in [0.4, 0.5) is 5.69 Å². The lowest BCUT2D eigenvalue weighted by Gasteiger charge is -2.05. The normalized spacial score (nSPS) is 13.2. The van der Waals surface area contributed by atoms with Crippen molar-refractivity contribution in [2.45, 2.75) is 13.1 Å². The van der Waals surface area contributed by atoms with Crippen molar-refractivity contribution >= 4 is 27.5 Å². The van der Waals surface area contributed by atoms with Crippen LogP contribution in [0.2, 0.25) is 0 Å². The number of rotatable bonds is 4. The van der Waals surface area contributed by atoms with Crippen LogP contribution < -0.4 is 5.32 Å². The van der Waals surface area contributed by atoms with Gasteiger partial charge in [-0.05, 0) is 45.8 Å². The van der Waals surface area contributed by atoms with Crippen LogP contribution in [0.3, 0.4) is 0 Å². The molecule has 0 unspecified atom stereocenters. The van der Waals surface area contributed by atoms with Gasteiger partial charge >= 0.3 is 0 Å². The Bertz CT molecular complexity index is 954. The van der Waals surface area contributed by atoms with Crippen molar-refractivity contribution in [1.29, 1.82) is 0 Å². The molecule has 1 aliphatic rings. The van der Waals surface area contributed by atoms with Crippen molar-refractivity contribution in [2.24, 2.45) is 0 Å². The first-order valence-corrected chi connectivity index (χ1v) is 8.60. The summed E-state index contributed by atoms with van der Waals surface area (Å²) < 4.78 is 6.62. The van der Waals surface area contributed by atoms with Gasteiger partial charge in [-0.3, -0.25) is 4.79 Å². The minimum Gasteiger partial charge on any atom is -0.419 e. The Morgan fingerprint density at radius 2 is 2.04 bits per heavy atom. The fourth-order valence-corrected chi connectivity index (χ4v) is 3.26. The summed E-state index contributed by atoms with van der Waals surface area (Å²) in [6.07, 6.45) is 0. The summed E-state index contributed by atoms with van der Waals surface area (Å²) in [5.74, 6) is 0.998. The molecule has 0 saturated heterocycles. The lowest BCUT2D eigenvalue weighted by atomic mass is 10.1. The summed E-state index contributed by atoms with van der Waals surface area (Å²) in [5.41, 5.74) is 3.49. The van der Waals surface area contributed by atoms with E-state index in [9.17, 15) is 4.79 Å². The second-order valence-electron chi connectivity index (χ2n) is 5.87. The highest BCUT2D eigenvalue weighted by Gasteiger charge is 2.24. The van der Waals surface area contributed by atoms with Crippen LogP contribution in [-0.2, 0) is 13.1 Å². The van der Waals surface area contributed by atoms with E-state index in [1.54, 1.807) is 11.9 Å². The average Bonchev–Trinajstić information content (AvgIpc) is 3.19. The third-order valence-electron chi connectivity index (χ3n) is 4.11. The molecule has 0 bridgehead atoms. The monoisotopic (exact) mass is 398 g/mol. The molecule has 0 aliphatic carbocycles. The molecule has 1 N–H and O–H groups in total. The van der Waals surface area contributed by atoms with Gasteiger partial charge in [0.2, 0.25) is 11.8 Å². The van der Waals surface area contributed by atoms with Crippen molar-refractivity contribution < 1.29 is 9.21 Å². The number of benzene rings is 2. The van der Waals surface area contributed by atoms with E-state index in [0.29, 0.717) is 24.9 Å². The van der Waals surface area contributed by atoms with Gasteiger partial charge in [-0.1, -0.05) is 18.2 Å². The van der Waals surface area contributed by atoms with E-state index in [1.165, 1.54) is 0 Å². The van der Waals surface area contributed by atoms with Crippen molar-refractivity contribution in [2.75, 3.05) is 12.4 Å². The highest BCUT2D eigenvalue weighted by atomic mass is 79.9. The Kier molecular flexibility index (Phi) is 4.01. The molecule has 0 spiro atoms. The molecule has 0 saturated carbocycles. The van der Waals surface area contributed by atoms with Crippen LogP contribution in [0.25, 0.3) is 11.5 Å². The number of carbonyl (C=O) groups excluding carboxylic acids is 1. The molecule has 0 atom stereocenters. The molecule has 3 aromatic rings. The highest BCUT2D eigenvalue weighted by molar-refractivity contribution is 9.10. The number of anilines is 1. The van der Waals surface area contributed by atoms with Crippen molar-refractivity contribution in [1.82, 2.24) is 15.1 Å². The number of aromatic nitrogens is 2. The van der Waals surface area contributed by atoms with Crippen molar-refractivity contribution in [3.05, 3.63) is 64.0 Å². The largest absolute Gasteiger partial charge is 0.419 e. The zero-order chi connectivity index (χ0) is 17.4. The molecular weight excluding hydrogens is 384 g/mol. The average molecular weight is 399 g/mol. The minimum absolute atomic E-state index is 0.0488. The third-order valence-corrected chi connectivity index (χ3v) is 4.80. The van der Waals surface area contributed by atoms with Gasteiger partial charge in [0.1, 0.15) is 0 Å². The summed E-state index contributed by atoms with van der Waals surface area (Å²) >= 11 is 3.48. The second-order valence-corrected chi connectivity index (χ2v) is 6.72. The van der Waals surface area contributed by atoms with Crippen LogP contribution in [0.5, 0.6) is 0 Å². The molecule has 2 aromatic carbocycles. The van der Waals surface area contributed by atoms with E-state index in [1.807, 2.05) is 42.5 Å². The second kappa shape index (κ2) is 6.33. The maximum atomic E-state index is 12.1. The molecular formula is C18H15BrN4O2. The Hall–Kier alpha value is -2.67. The van der Waals surface area contributed by atoms with Gasteiger partial charge in [-0.25, -0.2) is 0 Å². The number of amides is 1. The Morgan fingerprint density at radius 3 is 2.88 bits per heavy atom. The summed E-state index contributed by atoms with van der Waals surface area (Å²) in [5, 5.41) is 11.4. The molecule has 7 heteroatoms. The number of fused-ring (bicyclic) bond motifs is 1. The fraction of sp³-hybridized carbons (Fsp3) is 0.167. The SMILES string of the molecule is CN1Cc2ccc(NCc3nnc(-c4ccccc4Br)o3)cc2C1=O. The maximum absolute atomic E-state index is 12.1. The van der Waals surface area contributed by atoms with E-state index in [4.69, 9.17) is 4.42 Å². The lowest BCUT2D eigenvalue weighted by Crippen LogP contribution is -2.17. The molecule has 4 rings (SSSR count). The predicted octanol–water partition coefficient (Wildman–Crippen LogP) is 3.70. The smallest absolute Gasteiger partial charge is 0.254 e. The zero-order valence-corrected chi connectivity index (χ0v) is 15.1. The molecule has 0 fully saturated rings. The Balaban J connectivity index is 1.48. The Labute approximate surface area is 153 Å². The van der Waals surface area contributed by atoms with Crippen LogP contribution >= 0.6 is 15.9 Å². The predicted molar refractivity (Wildman–Crippen MR) is 97.0 cm³/mol. The molecule has 1 amide bonds. The first-order chi connectivity index (χ1) is 12.1. The third kappa shape index (κ3) is 3.02. The van der Waals surface area contributed by atoms with Gasteiger partial charge in [-0.2, -0.15) is 0 Å². The minimum atomic E-state index is 0.0488. The number of hydrogen-bond donors (Lipinski definition) is 1. The summed E-state index contributed by atoms with van der Waals surface area (Å²) in [7, 11) is 1.80. The molecule has 6 nitrogen and oxygen atoms in total. The van der Waals surface area contributed by atoms with E-state index in [2.05, 4.69) is 31.4 Å². The van der Waals surface area contributed by atoms with E-state index >= 15 is 0 Å². The zero-order valence-electron chi connectivity index (χ0n) is 13.5. The van der Waals surface area contributed by atoms with Gasteiger partial charge in [0, 0.05) is 29.3 Å². The van der Waals surface area contributed by atoms with Gasteiger partial charge < -0.3 is 14.6 Å². The molecule has 126 valence electrons. The van der Waals surface area contributed by atoms with Crippen LogP contribution in [0.15, 0.2) is 51.4 Å². The van der Waals surface area contributed by atoms with Gasteiger partial charge in [-0.15, -0.1) is 10.2 Å². The Morgan fingerprint density at radius 1 is 1.20 bits per heavy atom. The first kappa shape index (κ1) is 15.8. The van der Waals surface area contributed by atoms with Crippen LogP contribution in [0.1, 0.15) is 21.8 Å². The number of nitrogens with one attached hydrogen (secondary N) is 1. The molecule has 25 heavy (non-hydrogen) atoms. The quantitative estimate of drug-likeness (QED) is 0.725. The lowest BCUT2D eigenvalue weighted by molar-refractivity contribution is 0.0816. The molecule has 1 aliphatic heterocycles. The topological polar surface area (TPSA) is 71.3 Å². The van der Waals surface area contributed by atoms with Crippen molar-refractivity contribution in [3.8, 4) is 11.5 Å². The molecule has 1 aromatic heterocycles. The fourth-order valence-electron chi connectivity index (χ4n) is 2.80. The number of halogens is 1. The summed E-state index contributed by atoms with van der Waals surface area (Å²) in [6.45, 7) is 1.05. The summed E-state index contributed by atoms with van der Waals surface area (Å²) in [6, 6.07) is 13.5.